The van der Waals surface area contributed by atoms with E-state index < -0.39 is 0 Å². The van der Waals surface area contributed by atoms with E-state index in [2.05, 4.69) is 22.9 Å². The van der Waals surface area contributed by atoms with Gasteiger partial charge in [-0.15, -0.1) is 0 Å². The van der Waals surface area contributed by atoms with Crippen LogP contribution < -0.4 is 0 Å². The molecule has 108 valence electrons. The molecule has 0 radical (unpaired) electrons. The molecule has 1 saturated heterocycles. The Kier molecular flexibility index (Phi) is 4.03. The lowest BCUT2D eigenvalue weighted by atomic mass is 9.97. The van der Waals surface area contributed by atoms with Crippen molar-refractivity contribution in [3.05, 3.63) is 30.1 Å². The van der Waals surface area contributed by atoms with Gasteiger partial charge in [-0.1, -0.05) is 18.6 Å². The largest absolute Gasteiger partial charge is 0.396 e. The number of aromatic amines is 1. The second-order valence-corrected chi connectivity index (χ2v) is 5.71. The van der Waals surface area contributed by atoms with Gasteiger partial charge in [-0.2, -0.15) is 0 Å². The van der Waals surface area contributed by atoms with E-state index in [1.54, 1.807) is 0 Å². The number of para-hydroxylation sites is 2. The molecule has 0 amide bonds. The minimum atomic E-state index is 0.272. The van der Waals surface area contributed by atoms with Crippen molar-refractivity contribution in [1.82, 2.24) is 14.9 Å². The number of nitrogens with one attached hydrogen (secondary N) is 1. The van der Waals surface area contributed by atoms with E-state index in [1.165, 1.54) is 19.3 Å². The summed E-state index contributed by atoms with van der Waals surface area (Å²) in [5, 5.41) is 9.25. The summed E-state index contributed by atoms with van der Waals surface area (Å²) in [5.41, 5.74) is 2.13. The highest BCUT2D eigenvalue weighted by atomic mass is 16.3. The highest BCUT2D eigenvalue weighted by Gasteiger charge is 2.28. The lowest BCUT2D eigenvalue weighted by Crippen LogP contribution is -2.41. The van der Waals surface area contributed by atoms with E-state index in [1.807, 2.05) is 18.2 Å². The molecule has 0 spiro atoms. The molecule has 1 aromatic heterocycles. The fourth-order valence-electron chi connectivity index (χ4n) is 3.32. The second-order valence-electron chi connectivity index (χ2n) is 5.71. The first-order valence-corrected chi connectivity index (χ1v) is 7.61. The van der Waals surface area contributed by atoms with Crippen LogP contribution in [0.3, 0.4) is 0 Å². The Morgan fingerprint density at radius 3 is 3.05 bits per heavy atom. The molecular formula is C16H23N3O. The second kappa shape index (κ2) is 5.94. The molecule has 2 unspecified atom stereocenters. The number of piperidine rings is 1. The molecule has 3 rings (SSSR count). The highest BCUT2D eigenvalue weighted by Crippen LogP contribution is 2.29. The third-order valence-electron chi connectivity index (χ3n) is 4.44. The number of hydrogen-bond donors (Lipinski definition) is 2. The lowest BCUT2D eigenvalue weighted by molar-refractivity contribution is 0.0794. The maximum Gasteiger partial charge on any atom is 0.124 e. The van der Waals surface area contributed by atoms with Gasteiger partial charge in [0.25, 0.3) is 0 Å². The fraction of sp³-hybridized carbons (Fsp3) is 0.562. The molecule has 0 saturated carbocycles. The van der Waals surface area contributed by atoms with Crippen LogP contribution in [0.2, 0.25) is 0 Å². The van der Waals surface area contributed by atoms with E-state index >= 15 is 0 Å². The van der Waals surface area contributed by atoms with Crippen molar-refractivity contribution >= 4 is 11.0 Å². The lowest BCUT2D eigenvalue weighted by Gasteiger charge is -2.39. The van der Waals surface area contributed by atoms with Crippen molar-refractivity contribution in [1.29, 1.82) is 0 Å². The molecule has 1 aliphatic heterocycles. The maximum absolute atomic E-state index is 9.25. The van der Waals surface area contributed by atoms with Crippen molar-refractivity contribution in [2.75, 3.05) is 13.2 Å². The number of benzene rings is 1. The van der Waals surface area contributed by atoms with Crippen LogP contribution in [-0.2, 0) is 0 Å². The number of H-pyrrole nitrogens is 1. The van der Waals surface area contributed by atoms with E-state index in [-0.39, 0.29) is 12.6 Å². The monoisotopic (exact) mass is 273 g/mol. The van der Waals surface area contributed by atoms with Gasteiger partial charge >= 0.3 is 0 Å². The molecular weight excluding hydrogens is 250 g/mol. The van der Waals surface area contributed by atoms with Crippen LogP contribution in [0.1, 0.15) is 44.5 Å². The first-order valence-electron chi connectivity index (χ1n) is 7.61. The van der Waals surface area contributed by atoms with Gasteiger partial charge in [-0.3, -0.25) is 4.90 Å². The number of likely N-dealkylation sites (tertiary alicyclic amines) is 1. The number of nitrogens with zero attached hydrogens (tertiary/aromatic N) is 2. The number of fused-ring (bicyclic) bond motifs is 1. The molecule has 4 heteroatoms. The van der Waals surface area contributed by atoms with Gasteiger partial charge in [0.1, 0.15) is 5.82 Å². The normalized spacial score (nSPS) is 22.2. The van der Waals surface area contributed by atoms with Gasteiger partial charge in [0.15, 0.2) is 0 Å². The molecule has 1 aliphatic rings. The Morgan fingerprint density at radius 2 is 2.25 bits per heavy atom. The minimum absolute atomic E-state index is 0.272. The van der Waals surface area contributed by atoms with E-state index in [4.69, 9.17) is 4.98 Å². The van der Waals surface area contributed by atoms with Crippen LogP contribution >= 0.6 is 0 Å². The van der Waals surface area contributed by atoms with Gasteiger partial charge in [-0.05, 0) is 44.9 Å². The number of hydrogen-bond acceptors (Lipinski definition) is 3. The molecule has 4 nitrogen and oxygen atoms in total. The smallest absolute Gasteiger partial charge is 0.124 e. The van der Waals surface area contributed by atoms with Crippen molar-refractivity contribution in [2.24, 2.45) is 0 Å². The Morgan fingerprint density at radius 1 is 1.40 bits per heavy atom. The van der Waals surface area contributed by atoms with Crippen LogP contribution in [-0.4, -0.2) is 39.2 Å². The van der Waals surface area contributed by atoms with Crippen LogP contribution in [0.25, 0.3) is 11.0 Å². The number of aliphatic hydroxyl groups is 1. The summed E-state index contributed by atoms with van der Waals surface area (Å²) in [6.07, 6.45) is 4.57. The van der Waals surface area contributed by atoms with Gasteiger partial charge in [0, 0.05) is 12.6 Å². The minimum Gasteiger partial charge on any atom is -0.396 e. The standard InChI is InChI=1S/C16H23N3O/c1-12(19-10-5-4-6-13(19)9-11-20)16-17-14-7-2-3-8-15(14)18-16/h2-3,7-8,12-13,20H,4-6,9-11H2,1H3,(H,17,18). The zero-order chi connectivity index (χ0) is 13.9. The van der Waals surface area contributed by atoms with E-state index in [9.17, 15) is 5.11 Å². The van der Waals surface area contributed by atoms with E-state index in [0.717, 1.165) is 29.8 Å². The third-order valence-corrected chi connectivity index (χ3v) is 4.44. The van der Waals surface area contributed by atoms with Crippen molar-refractivity contribution in [2.45, 2.75) is 44.7 Å². The average Bonchev–Trinajstić information content (AvgIpc) is 2.91. The van der Waals surface area contributed by atoms with Gasteiger partial charge in [0.2, 0.25) is 0 Å². The Bertz CT molecular complexity index is 531. The van der Waals surface area contributed by atoms with Crippen LogP contribution in [0.4, 0.5) is 0 Å². The Labute approximate surface area is 119 Å². The molecule has 0 bridgehead atoms. The van der Waals surface area contributed by atoms with Crippen LogP contribution in [0, 0.1) is 0 Å². The first-order chi connectivity index (χ1) is 9.79. The zero-order valence-electron chi connectivity index (χ0n) is 12.0. The molecule has 20 heavy (non-hydrogen) atoms. The predicted molar refractivity (Wildman–Crippen MR) is 80.6 cm³/mol. The SMILES string of the molecule is CC(c1nc2ccccc2[nH]1)N1CCCCC1CCO. The Hall–Kier alpha value is -1.39. The zero-order valence-corrected chi connectivity index (χ0v) is 12.0. The topological polar surface area (TPSA) is 52.2 Å². The summed E-state index contributed by atoms with van der Waals surface area (Å²) in [6.45, 7) is 3.59. The number of imidazole rings is 1. The third kappa shape index (κ3) is 2.58. The molecule has 1 aromatic carbocycles. The van der Waals surface area contributed by atoms with Crippen molar-refractivity contribution in [3.63, 3.8) is 0 Å². The number of aliphatic hydroxyl groups excluding tert-OH is 1. The first kappa shape index (κ1) is 13.6. The fourth-order valence-corrected chi connectivity index (χ4v) is 3.32. The van der Waals surface area contributed by atoms with Crippen molar-refractivity contribution in [3.8, 4) is 0 Å². The van der Waals surface area contributed by atoms with Crippen LogP contribution in [0.15, 0.2) is 24.3 Å². The van der Waals surface area contributed by atoms with Crippen molar-refractivity contribution < 1.29 is 5.11 Å². The summed E-state index contributed by atoms with van der Waals surface area (Å²) in [6, 6.07) is 8.93. The number of aromatic nitrogens is 2. The summed E-state index contributed by atoms with van der Waals surface area (Å²) >= 11 is 0. The molecule has 2 atom stereocenters. The van der Waals surface area contributed by atoms with Gasteiger partial charge < -0.3 is 10.1 Å². The summed E-state index contributed by atoms with van der Waals surface area (Å²) in [7, 11) is 0. The summed E-state index contributed by atoms with van der Waals surface area (Å²) in [5.74, 6) is 1.04. The molecule has 1 fully saturated rings. The molecule has 2 N–H and O–H groups in total. The summed E-state index contributed by atoms with van der Waals surface area (Å²) < 4.78 is 0. The summed E-state index contributed by atoms with van der Waals surface area (Å²) in [4.78, 5) is 10.7. The molecule has 2 heterocycles. The molecule has 0 aliphatic carbocycles. The molecule has 2 aromatic rings. The van der Waals surface area contributed by atoms with Gasteiger partial charge in [-0.25, -0.2) is 4.98 Å². The Balaban J connectivity index is 1.84. The van der Waals surface area contributed by atoms with Crippen LogP contribution in [0.5, 0.6) is 0 Å². The highest BCUT2D eigenvalue weighted by molar-refractivity contribution is 5.74. The average molecular weight is 273 g/mol. The maximum atomic E-state index is 9.25. The van der Waals surface area contributed by atoms with E-state index in [0.29, 0.717) is 6.04 Å². The number of rotatable bonds is 4. The quantitative estimate of drug-likeness (QED) is 0.900. The predicted octanol–water partition coefficient (Wildman–Crippen LogP) is 2.86. The van der Waals surface area contributed by atoms with Gasteiger partial charge in [0.05, 0.1) is 17.1 Å².